The smallest absolute Gasteiger partial charge is 0.303 e. The molecule has 8 heteroatoms. The first kappa shape index (κ1) is 20.8. The Morgan fingerprint density at radius 3 is 2.59 bits per heavy atom. The zero-order valence-electron chi connectivity index (χ0n) is 15.2. The van der Waals surface area contributed by atoms with E-state index in [4.69, 9.17) is 21.7 Å². The molecule has 1 N–H and O–H groups in total. The number of carboxylic acids is 1. The van der Waals surface area contributed by atoms with E-state index in [1.807, 2.05) is 6.07 Å². The quantitative estimate of drug-likeness (QED) is 0.383. The molecular formula is C21H17NO5S2. The second-order valence-corrected chi connectivity index (χ2v) is 7.81. The van der Waals surface area contributed by atoms with Gasteiger partial charge in [0.2, 0.25) is 0 Å². The first-order valence-corrected chi connectivity index (χ1v) is 10.0. The number of carbonyl (C=O) groups excluding carboxylic acids is 2. The van der Waals surface area contributed by atoms with Crippen molar-refractivity contribution in [1.29, 1.82) is 0 Å². The third-order valence-corrected chi connectivity index (χ3v) is 5.40. The van der Waals surface area contributed by atoms with Crippen LogP contribution in [0.15, 0.2) is 57.9 Å². The third kappa shape index (κ3) is 5.52. The monoisotopic (exact) mass is 427 g/mol. The largest absolute Gasteiger partial charge is 0.481 e. The van der Waals surface area contributed by atoms with Crippen LogP contribution in [0.2, 0.25) is 0 Å². The summed E-state index contributed by atoms with van der Waals surface area (Å²) in [5, 5.41) is 8.72. The molecule has 29 heavy (non-hydrogen) atoms. The van der Waals surface area contributed by atoms with E-state index in [1.54, 1.807) is 48.6 Å². The van der Waals surface area contributed by atoms with Gasteiger partial charge in [0.05, 0.1) is 4.91 Å². The standard InChI is InChI=1S/C21H17NO5S2/c23-17(14-5-2-1-3-6-14)11-10-15-8-9-16(27-15)13-18-20(26)22(21(28)29-18)12-4-7-19(24)25/h1-3,5-6,8-11,13H,4,7,12H2,(H,24,25). The molecule has 0 radical (unpaired) electrons. The van der Waals surface area contributed by atoms with E-state index in [0.717, 1.165) is 11.8 Å². The summed E-state index contributed by atoms with van der Waals surface area (Å²) in [5.74, 6) is -0.364. The van der Waals surface area contributed by atoms with Gasteiger partial charge in [-0.3, -0.25) is 19.3 Å². The summed E-state index contributed by atoms with van der Waals surface area (Å²) in [6.45, 7) is 0.266. The lowest BCUT2D eigenvalue weighted by Crippen LogP contribution is -2.29. The number of hydrogen-bond donors (Lipinski definition) is 1. The van der Waals surface area contributed by atoms with Gasteiger partial charge in [-0.2, -0.15) is 0 Å². The van der Waals surface area contributed by atoms with Gasteiger partial charge in [-0.1, -0.05) is 54.3 Å². The van der Waals surface area contributed by atoms with Crippen molar-refractivity contribution in [1.82, 2.24) is 4.90 Å². The van der Waals surface area contributed by atoms with Crippen LogP contribution in [0.25, 0.3) is 12.2 Å². The lowest BCUT2D eigenvalue weighted by Gasteiger charge is -2.13. The topological polar surface area (TPSA) is 87.8 Å². The Morgan fingerprint density at radius 1 is 1.14 bits per heavy atom. The van der Waals surface area contributed by atoms with Gasteiger partial charge in [0.15, 0.2) is 5.78 Å². The number of carboxylic acid groups (broad SMARTS) is 1. The lowest BCUT2D eigenvalue weighted by atomic mass is 10.1. The van der Waals surface area contributed by atoms with Gasteiger partial charge >= 0.3 is 5.97 Å². The summed E-state index contributed by atoms with van der Waals surface area (Å²) in [7, 11) is 0. The Balaban J connectivity index is 1.64. The summed E-state index contributed by atoms with van der Waals surface area (Å²) in [6.07, 6.45) is 4.91. The molecule has 1 amide bonds. The van der Waals surface area contributed by atoms with E-state index in [0.29, 0.717) is 32.7 Å². The van der Waals surface area contributed by atoms with Gasteiger partial charge in [-0.25, -0.2) is 0 Å². The molecule has 0 bridgehead atoms. The normalized spacial score (nSPS) is 15.6. The highest BCUT2D eigenvalue weighted by atomic mass is 32.2. The molecule has 2 aromatic rings. The number of hydrogen-bond acceptors (Lipinski definition) is 6. The Hall–Kier alpha value is -2.97. The first-order chi connectivity index (χ1) is 13.9. The highest BCUT2D eigenvalue weighted by Gasteiger charge is 2.31. The second kappa shape index (κ2) is 9.49. The van der Waals surface area contributed by atoms with Crippen molar-refractivity contribution in [3.63, 3.8) is 0 Å². The van der Waals surface area contributed by atoms with Gasteiger partial charge in [0.25, 0.3) is 5.91 Å². The molecule has 0 atom stereocenters. The maximum absolute atomic E-state index is 12.5. The van der Waals surface area contributed by atoms with Crippen LogP contribution in [0.4, 0.5) is 0 Å². The minimum atomic E-state index is -0.909. The molecule has 1 aromatic heterocycles. The Labute approximate surface area is 176 Å². The fourth-order valence-corrected chi connectivity index (χ4v) is 3.89. The fraction of sp³-hybridized carbons (Fsp3) is 0.143. The number of nitrogens with zero attached hydrogens (tertiary/aromatic N) is 1. The van der Waals surface area contributed by atoms with Gasteiger partial charge in [-0.15, -0.1) is 0 Å². The molecule has 1 aliphatic heterocycles. The molecule has 0 spiro atoms. The van der Waals surface area contributed by atoms with Crippen LogP contribution in [-0.2, 0) is 9.59 Å². The molecular weight excluding hydrogens is 410 g/mol. The molecule has 1 saturated heterocycles. The van der Waals surface area contributed by atoms with Crippen molar-refractivity contribution >= 4 is 58.1 Å². The van der Waals surface area contributed by atoms with Crippen LogP contribution < -0.4 is 0 Å². The number of furan rings is 1. The van der Waals surface area contributed by atoms with Crippen LogP contribution in [0, 0.1) is 0 Å². The second-order valence-electron chi connectivity index (χ2n) is 6.13. The number of rotatable bonds is 8. The van der Waals surface area contributed by atoms with Crippen molar-refractivity contribution in [2.24, 2.45) is 0 Å². The molecule has 0 saturated carbocycles. The predicted octanol–water partition coefficient (Wildman–Crippen LogP) is 4.24. The van der Waals surface area contributed by atoms with E-state index in [9.17, 15) is 14.4 Å². The van der Waals surface area contributed by atoms with Crippen molar-refractivity contribution in [2.75, 3.05) is 6.54 Å². The maximum Gasteiger partial charge on any atom is 0.303 e. The molecule has 1 aliphatic rings. The fourth-order valence-electron chi connectivity index (χ4n) is 2.60. The van der Waals surface area contributed by atoms with Crippen LogP contribution in [-0.4, -0.2) is 38.5 Å². The zero-order valence-corrected chi connectivity index (χ0v) is 16.9. The summed E-state index contributed by atoms with van der Waals surface area (Å²) in [4.78, 5) is 37.0. The minimum absolute atomic E-state index is 0.0221. The molecule has 0 aliphatic carbocycles. The number of ketones is 1. The van der Waals surface area contributed by atoms with E-state index in [2.05, 4.69) is 0 Å². The summed E-state index contributed by atoms with van der Waals surface area (Å²) < 4.78 is 6.04. The average molecular weight is 428 g/mol. The van der Waals surface area contributed by atoms with Gasteiger partial charge < -0.3 is 9.52 Å². The van der Waals surface area contributed by atoms with E-state index in [1.165, 1.54) is 11.0 Å². The number of allylic oxidation sites excluding steroid dienone is 1. The van der Waals surface area contributed by atoms with Gasteiger partial charge in [-0.05, 0) is 30.7 Å². The Morgan fingerprint density at radius 2 is 1.86 bits per heavy atom. The lowest BCUT2D eigenvalue weighted by molar-refractivity contribution is -0.137. The van der Waals surface area contributed by atoms with Crippen LogP contribution in [0.3, 0.4) is 0 Å². The number of benzene rings is 1. The number of carbonyl (C=O) groups is 3. The van der Waals surface area contributed by atoms with Crippen molar-refractivity contribution in [2.45, 2.75) is 12.8 Å². The van der Waals surface area contributed by atoms with E-state index < -0.39 is 5.97 Å². The molecule has 6 nitrogen and oxygen atoms in total. The number of amides is 1. The average Bonchev–Trinajstić information content (AvgIpc) is 3.26. The van der Waals surface area contributed by atoms with Crippen LogP contribution in [0.5, 0.6) is 0 Å². The Kier molecular flexibility index (Phi) is 6.79. The first-order valence-electron chi connectivity index (χ1n) is 8.78. The van der Waals surface area contributed by atoms with Gasteiger partial charge in [0, 0.05) is 24.6 Å². The number of thioether (sulfide) groups is 1. The zero-order chi connectivity index (χ0) is 20.8. The van der Waals surface area contributed by atoms with E-state index >= 15 is 0 Å². The number of aliphatic carboxylic acids is 1. The SMILES string of the molecule is O=C(O)CCCN1C(=O)C(=Cc2ccc(C=CC(=O)c3ccccc3)o2)SC1=S. The molecule has 148 valence electrons. The van der Waals surface area contributed by atoms with Crippen molar-refractivity contribution in [3.05, 3.63) is 70.5 Å². The van der Waals surface area contributed by atoms with E-state index in [-0.39, 0.29) is 24.7 Å². The molecule has 1 aromatic carbocycles. The van der Waals surface area contributed by atoms with Crippen LogP contribution >= 0.6 is 24.0 Å². The molecule has 2 heterocycles. The predicted molar refractivity (Wildman–Crippen MR) is 115 cm³/mol. The summed E-state index contributed by atoms with van der Waals surface area (Å²) >= 11 is 6.36. The maximum atomic E-state index is 12.5. The Bertz CT molecular complexity index is 1010. The van der Waals surface area contributed by atoms with Gasteiger partial charge in [0.1, 0.15) is 15.8 Å². The summed E-state index contributed by atoms with van der Waals surface area (Å²) in [6, 6.07) is 12.3. The molecule has 3 rings (SSSR count). The summed E-state index contributed by atoms with van der Waals surface area (Å²) in [5.41, 5.74) is 0.585. The highest BCUT2D eigenvalue weighted by Crippen LogP contribution is 2.33. The molecule has 1 fully saturated rings. The van der Waals surface area contributed by atoms with Crippen molar-refractivity contribution in [3.8, 4) is 0 Å². The molecule has 0 unspecified atom stereocenters. The minimum Gasteiger partial charge on any atom is -0.481 e. The third-order valence-electron chi connectivity index (χ3n) is 4.02. The highest BCUT2D eigenvalue weighted by molar-refractivity contribution is 8.26. The number of thiocarbonyl (C=S) groups is 1. The van der Waals surface area contributed by atoms with Crippen molar-refractivity contribution < 1.29 is 23.9 Å². The van der Waals surface area contributed by atoms with Crippen LogP contribution in [0.1, 0.15) is 34.7 Å².